The van der Waals surface area contributed by atoms with Crippen molar-refractivity contribution in [3.63, 3.8) is 0 Å². The summed E-state index contributed by atoms with van der Waals surface area (Å²) in [5.41, 5.74) is 1.16. The highest BCUT2D eigenvalue weighted by atomic mass is 79.9. The first-order chi connectivity index (χ1) is 12.9. The van der Waals surface area contributed by atoms with E-state index >= 15 is 0 Å². The van der Waals surface area contributed by atoms with Gasteiger partial charge in [-0.3, -0.25) is 9.59 Å². The molecule has 1 aliphatic rings. The Bertz CT molecular complexity index is 890. The minimum atomic E-state index is -0.478. The number of anilines is 2. The van der Waals surface area contributed by atoms with Crippen LogP contribution in [-0.2, 0) is 9.59 Å². The van der Waals surface area contributed by atoms with Gasteiger partial charge in [-0.15, -0.1) is 0 Å². The average molecular weight is 454 g/mol. The topological polar surface area (TPSA) is 67.9 Å². The summed E-state index contributed by atoms with van der Waals surface area (Å²) >= 11 is 9.67. The summed E-state index contributed by atoms with van der Waals surface area (Å²) in [5, 5.41) is 3.12. The molecule has 1 heterocycles. The van der Waals surface area contributed by atoms with E-state index in [0.717, 1.165) is 10.2 Å². The molecule has 27 heavy (non-hydrogen) atoms. The van der Waals surface area contributed by atoms with Crippen LogP contribution in [0.25, 0.3) is 0 Å². The van der Waals surface area contributed by atoms with Crippen molar-refractivity contribution >= 4 is 50.7 Å². The van der Waals surface area contributed by atoms with E-state index < -0.39 is 5.92 Å². The summed E-state index contributed by atoms with van der Waals surface area (Å²) < 4.78 is 11.2. The van der Waals surface area contributed by atoms with Gasteiger partial charge in [0.25, 0.3) is 0 Å². The lowest BCUT2D eigenvalue weighted by atomic mass is 10.1. The van der Waals surface area contributed by atoms with E-state index in [-0.39, 0.29) is 18.2 Å². The fourth-order valence-electron chi connectivity index (χ4n) is 2.97. The summed E-state index contributed by atoms with van der Waals surface area (Å²) in [7, 11) is 3.01. The molecular formula is C19H18BrClN2O4. The first kappa shape index (κ1) is 19.5. The maximum absolute atomic E-state index is 12.7. The second kappa shape index (κ2) is 8.19. The number of halogens is 2. The van der Waals surface area contributed by atoms with Crippen LogP contribution in [0.1, 0.15) is 6.42 Å². The van der Waals surface area contributed by atoms with Crippen LogP contribution in [0.3, 0.4) is 0 Å². The summed E-state index contributed by atoms with van der Waals surface area (Å²) in [5.74, 6) is 0.0763. The third-order valence-electron chi connectivity index (χ3n) is 4.37. The van der Waals surface area contributed by atoms with Gasteiger partial charge in [-0.2, -0.15) is 0 Å². The van der Waals surface area contributed by atoms with Crippen molar-refractivity contribution in [2.45, 2.75) is 6.42 Å². The third-order valence-corrected chi connectivity index (χ3v) is 5.35. The predicted molar refractivity (Wildman–Crippen MR) is 108 cm³/mol. The number of benzene rings is 2. The van der Waals surface area contributed by atoms with Crippen LogP contribution >= 0.6 is 27.5 Å². The molecule has 2 amide bonds. The molecule has 0 aliphatic carbocycles. The van der Waals surface area contributed by atoms with Gasteiger partial charge in [-0.1, -0.05) is 23.7 Å². The first-order valence-electron chi connectivity index (χ1n) is 8.22. The Balaban J connectivity index is 1.76. The van der Waals surface area contributed by atoms with Gasteiger partial charge in [0.05, 0.1) is 36.5 Å². The summed E-state index contributed by atoms with van der Waals surface area (Å²) in [6.07, 6.45) is 0.137. The van der Waals surface area contributed by atoms with Gasteiger partial charge in [0, 0.05) is 29.6 Å². The Morgan fingerprint density at radius 2 is 1.89 bits per heavy atom. The van der Waals surface area contributed by atoms with E-state index in [9.17, 15) is 9.59 Å². The molecule has 3 rings (SSSR count). The Morgan fingerprint density at radius 1 is 1.22 bits per heavy atom. The van der Waals surface area contributed by atoms with Crippen molar-refractivity contribution in [1.29, 1.82) is 0 Å². The number of rotatable bonds is 5. The van der Waals surface area contributed by atoms with E-state index in [2.05, 4.69) is 21.2 Å². The average Bonchev–Trinajstić information content (AvgIpc) is 3.05. The highest BCUT2D eigenvalue weighted by Gasteiger charge is 2.36. The Morgan fingerprint density at radius 3 is 2.56 bits per heavy atom. The number of carbonyl (C=O) groups excluding carboxylic acids is 2. The van der Waals surface area contributed by atoms with E-state index in [1.807, 2.05) is 24.3 Å². The number of nitrogens with one attached hydrogen (secondary N) is 1. The van der Waals surface area contributed by atoms with Crippen LogP contribution in [0, 0.1) is 5.92 Å². The molecule has 2 aromatic carbocycles. The number of ether oxygens (including phenoxy) is 2. The first-order valence-corrected chi connectivity index (χ1v) is 9.39. The van der Waals surface area contributed by atoms with Crippen molar-refractivity contribution in [3.8, 4) is 11.5 Å². The maximum atomic E-state index is 12.7. The monoisotopic (exact) mass is 452 g/mol. The van der Waals surface area contributed by atoms with Crippen molar-refractivity contribution in [3.05, 3.63) is 45.9 Å². The molecule has 1 fully saturated rings. The lowest BCUT2D eigenvalue weighted by molar-refractivity contribution is -0.122. The number of nitrogens with zero attached hydrogens (tertiary/aromatic N) is 1. The SMILES string of the molecule is COc1cc(Cl)c(NC(=O)C2CC(=O)N(c3ccccc3Br)C2)cc1OC. The van der Waals surface area contributed by atoms with E-state index in [4.69, 9.17) is 21.1 Å². The van der Waals surface area contributed by atoms with Crippen LogP contribution in [0.5, 0.6) is 11.5 Å². The molecule has 1 atom stereocenters. The second-order valence-corrected chi connectivity index (χ2v) is 7.29. The molecule has 1 N–H and O–H groups in total. The lowest BCUT2D eigenvalue weighted by Gasteiger charge is -2.18. The van der Waals surface area contributed by atoms with Crippen LogP contribution in [0.2, 0.25) is 5.02 Å². The highest BCUT2D eigenvalue weighted by molar-refractivity contribution is 9.10. The molecule has 2 aromatic rings. The molecule has 8 heteroatoms. The van der Waals surface area contributed by atoms with Gasteiger partial charge in [0.2, 0.25) is 11.8 Å². The molecule has 0 saturated carbocycles. The van der Waals surface area contributed by atoms with Gasteiger partial charge in [-0.05, 0) is 28.1 Å². The summed E-state index contributed by atoms with van der Waals surface area (Å²) in [6, 6.07) is 10.6. The van der Waals surface area contributed by atoms with Crippen molar-refractivity contribution in [1.82, 2.24) is 0 Å². The lowest BCUT2D eigenvalue weighted by Crippen LogP contribution is -2.28. The zero-order valence-corrected chi connectivity index (χ0v) is 17.1. The number of amides is 2. The highest BCUT2D eigenvalue weighted by Crippen LogP contribution is 2.37. The zero-order valence-electron chi connectivity index (χ0n) is 14.8. The molecule has 0 aromatic heterocycles. The van der Waals surface area contributed by atoms with Crippen LogP contribution in [-0.4, -0.2) is 32.6 Å². The molecule has 0 spiro atoms. The molecule has 0 radical (unpaired) electrons. The van der Waals surface area contributed by atoms with Crippen molar-refractivity contribution in [2.24, 2.45) is 5.92 Å². The van der Waals surface area contributed by atoms with Gasteiger partial charge in [0.1, 0.15) is 0 Å². The van der Waals surface area contributed by atoms with Gasteiger partial charge >= 0.3 is 0 Å². The normalized spacial score (nSPS) is 16.4. The zero-order chi connectivity index (χ0) is 19.6. The van der Waals surface area contributed by atoms with Crippen LogP contribution in [0.4, 0.5) is 11.4 Å². The van der Waals surface area contributed by atoms with E-state index in [0.29, 0.717) is 28.8 Å². The number of hydrogen-bond acceptors (Lipinski definition) is 4. The largest absolute Gasteiger partial charge is 0.493 e. The van der Waals surface area contributed by atoms with E-state index in [1.165, 1.54) is 14.2 Å². The number of methoxy groups -OCH3 is 2. The maximum Gasteiger partial charge on any atom is 0.229 e. The summed E-state index contributed by atoms with van der Waals surface area (Å²) in [4.78, 5) is 26.7. The molecule has 1 aliphatic heterocycles. The Kier molecular flexibility index (Phi) is 5.92. The quantitative estimate of drug-likeness (QED) is 0.740. The fraction of sp³-hybridized carbons (Fsp3) is 0.263. The molecule has 142 valence electrons. The molecule has 6 nitrogen and oxygen atoms in total. The minimum Gasteiger partial charge on any atom is -0.493 e. The Hall–Kier alpha value is -2.25. The van der Waals surface area contributed by atoms with E-state index in [1.54, 1.807) is 17.0 Å². The second-order valence-electron chi connectivity index (χ2n) is 6.03. The molecule has 1 unspecified atom stereocenters. The number of carbonyl (C=O) groups is 2. The third kappa shape index (κ3) is 4.04. The summed E-state index contributed by atoms with van der Waals surface area (Å²) in [6.45, 7) is 0.304. The number of para-hydroxylation sites is 1. The predicted octanol–water partition coefficient (Wildman–Crippen LogP) is 4.11. The Labute approximate surface area is 170 Å². The van der Waals surface area contributed by atoms with Gasteiger partial charge < -0.3 is 19.7 Å². The van der Waals surface area contributed by atoms with Gasteiger partial charge in [-0.25, -0.2) is 0 Å². The molecular weight excluding hydrogens is 436 g/mol. The van der Waals surface area contributed by atoms with Crippen molar-refractivity contribution < 1.29 is 19.1 Å². The molecule has 1 saturated heterocycles. The standard InChI is InChI=1S/C19H18BrClN2O4/c1-26-16-8-13(21)14(9-17(16)27-2)22-19(25)11-7-18(24)23(10-11)15-6-4-3-5-12(15)20/h3-6,8-9,11H,7,10H2,1-2H3,(H,22,25). The van der Waals surface area contributed by atoms with Crippen molar-refractivity contribution in [2.75, 3.05) is 31.0 Å². The van der Waals surface area contributed by atoms with Gasteiger partial charge in [0.15, 0.2) is 11.5 Å². The van der Waals surface area contributed by atoms with Crippen LogP contribution in [0.15, 0.2) is 40.9 Å². The van der Waals surface area contributed by atoms with Crippen LogP contribution < -0.4 is 19.7 Å². The molecule has 0 bridgehead atoms. The minimum absolute atomic E-state index is 0.0968. The smallest absolute Gasteiger partial charge is 0.229 e. The number of hydrogen-bond donors (Lipinski definition) is 1. The fourth-order valence-corrected chi connectivity index (χ4v) is 3.67.